The van der Waals surface area contributed by atoms with Crippen LogP contribution in [0.3, 0.4) is 0 Å². The van der Waals surface area contributed by atoms with Crippen molar-refractivity contribution in [2.24, 2.45) is 0 Å². The van der Waals surface area contributed by atoms with Crippen LogP contribution in [-0.2, 0) is 0 Å². The summed E-state index contributed by atoms with van der Waals surface area (Å²) in [5.74, 6) is 1.05. The van der Waals surface area contributed by atoms with Gasteiger partial charge in [0.25, 0.3) is 5.91 Å². The smallest absolute Gasteiger partial charge is 0.257 e. The van der Waals surface area contributed by atoms with Gasteiger partial charge in [-0.15, -0.1) is 0 Å². The summed E-state index contributed by atoms with van der Waals surface area (Å²) in [6.07, 6.45) is 4.07. The lowest BCUT2D eigenvalue weighted by molar-refractivity contribution is 0.0766. The highest BCUT2D eigenvalue weighted by molar-refractivity contribution is 7.99. The standard InChI is InChI=1S/C16H17NO2S/c18-16(14-7-10-19-12-14)17-8-6-15(20-11-9-17)13-4-2-1-3-5-13/h1-5,7,10,12,15H,6,8-9,11H2/t15-/m0/s1. The molecular weight excluding hydrogens is 270 g/mol. The van der Waals surface area contributed by atoms with Gasteiger partial charge in [0.1, 0.15) is 6.26 Å². The number of carbonyl (C=O) groups is 1. The average molecular weight is 287 g/mol. The van der Waals surface area contributed by atoms with Crippen LogP contribution in [0.25, 0.3) is 0 Å². The van der Waals surface area contributed by atoms with E-state index >= 15 is 0 Å². The lowest BCUT2D eigenvalue weighted by atomic mass is 10.1. The van der Waals surface area contributed by atoms with Crippen molar-refractivity contribution in [3.05, 3.63) is 60.1 Å². The molecule has 1 amide bonds. The minimum absolute atomic E-state index is 0.0769. The van der Waals surface area contributed by atoms with Gasteiger partial charge >= 0.3 is 0 Å². The van der Waals surface area contributed by atoms with Gasteiger partial charge in [-0.1, -0.05) is 30.3 Å². The molecule has 3 nitrogen and oxygen atoms in total. The zero-order valence-electron chi connectivity index (χ0n) is 11.2. The summed E-state index contributed by atoms with van der Waals surface area (Å²) in [5.41, 5.74) is 2.00. The number of amides is 1. The minimum atomic E-state index is 0.0769. The van der Waals surface area contributed by atoms with Crippen molar-refractivity contribution >= 4 is 17.7 Å². The van der Waals surface area contributed by atoms with E-state index in [2.05, 4.69) is 24.3 Å². The van der Waals surface area contributed by atoms with E-state index in [-0.39, 0.29) is 5.91 Å². The predicted octanol–water partition coefficient (Wildman–Crippen LogP) is 3.60. The number of hydrogen-bond acceptors (Lipinski definition) is 3. The fraction of sp³-hybridized carbons (Fsp3) is 0.312. The second-order valence-corrected chi connectivity index (χ2v) is 6.17. The molecule has 1 saturated heterocycles. The molecule has 0 radical (unpaired) electrons. The molecule has 1 aromatic carbocycles. The molecule has 0 spiro atoms. The van der Waals surface area contributed by atoms with Crippen LogP contribution in [0, 0.1) is 0 Å². The van der Waals surface area contributed by atoms with Crippen LogP contribution in [0.5, 0.6) is 0 Å². The first-order chi connectivity index (χ1) is 9.84. The molecule has 4 heteroatoms. The quantitative estimate of drug-likeness (QED) is 0.846. The molecule has 1 fully saturated rings. The molecule has 1 atom stereocenters. The Balaban J connectivity index is 1.67. The molecule has 1 aliphatic rings. The third kappa shape index (κ3) is 2.90. The van der Waals surface area contributed by atoms with Crippen LogP contribution in [0.15, 0.2) is 53.3 Å². The molecule has 0 N–H and O–H groups in total. The Morgan fingerprint density at radius 1 is 1.20 bits per heavy atom. The maximum Gasteiger partial charge on any atom is 0.257 e. The van der Waals surface area contributed by atoms with Crippen LogP contribution >= 0.6 is 11.8 Å². The number of rotatable bonds is 2. The monoisotopic (exact) mass is 287 g/mol. The Kier molecular flexibility index (Phi) is 4.11. The van der Waals surface area contributed by atoms with E-state index in [0.717, 1.165) is 25.3 Å². The fourth-order valence-electron chi connectivity index (χ4n) is 2.48. The van der Waals surface area contributed by atoms with E-state index in [1.54, 1.807) is 12.3 Å². The first-order valence-corrected chi connectivity index (χ1v) is 7.87. The summed E-state index contributed by atoms with van der Waals surface area (Å²) in [6, 6.07) is 12.3. The first kappa shape index (κ1) is 13.3. The summed E-state index contributed by atoms with van der Waals surface area (Å²) in [6.45, 7) is 1.61. The Morgan fingerprint density at radius 2 is 2.05 bits per heavy atom. The van der Waals surface area contributed by atoms with Crippen molar-refractivity contribution in [3.8, 4) is 0 Å². The summed E-state index contributed by atoms with van der Waals surface area (Å²) >= 11 is 1.94. The molecular formula is C16H17NO2S. The highest BCUT2D eigenvalue weighted by Crippen LogP contribution is 2.34. The maximum atomic E-state index is 12.3. The predicted molar refractivity (Wildman–Crippen MR) is 80.9 cm³/mol. The maximum absolute atomic E-state index is 12.3. The van der Waals surface area contributed by atoms with Crippen LogP contribution in [0.1, 0.15) is 27.6 Å². The van der Waals surface area contributed by atoms with Gasteiger partial charge in [-0.2, -0.15) is 11.8 Å². The van der Waals surface area contributed by atoms with E-state index < -0.39 is 0 Å². The number of furan rings is 1. The van der Waals surface area contributed by atoms with Crippen LogP contribution in [-0.4, -0.2) is 29.6 Å². The second-order valence-electron chi connectivity index (χ2n) is 4.86. The summed E-state index contributed by atoms with van der Waals surface area (Å²) in [4.78, 5) is 14.2. The first-order valence-electron chi connectivity index (χ1n) is 6.82. The number of hydrogen-bond donors (Lipinski definition) is 0. The number of benzene rings is 1. The van der Waals surface area contributed by atoms with Gasteiger partial charge < -0.3 is 9.32 Å². The van der Waals surface area contributed by atoms with Gasteiger partial charge in [-0.25, -0.2) is 0 Å². The van der Waals surface area contributed by atoms with E-state index in [4.69, 9.17) is 4.42 Å². The highest BCUT2D eigenvalue weighted by atomic mass is 32.2. The SMILES string of the molecule is O=C(c1ccoc1)N1CCS[C@H](c2ccccc2)CC1. The molecule has 2 aromatic rings. The van der Waals surface area contributed by atoms with Crippen molar-refractivity contribution in [2.45, 2.75) is 11.7 Å². The Labute approximate surface area is 123 Å². The van der Waals surface area contributed by atoms with Crippen LogP contribution in [0.4, 0.5) is 0 Å². The molecule has 0 unspecified atom stereocenters. The van der Waals surface area contributed by atoms with Crippen molar-refractivity contribution < 1.29 is 9.21 Å². The van der Waals surface area contributed by atoms with E-state index in [9.17, 15) is 4.79 Å². The summed E-state index contributed by atoms with van der Waals surface area (Å²) in [5, 5.41) is 0.485. The lowest BCUT2D eigenvalue weighted by Gasteiger charge is -2.19. The zero-order chi connectivity index (χ0) is 13.8. The number of nitrogens with zero attached hydrogens (tertiary/aromatic N) is 1. The summed E-state index contributed by atoms with van der Waals surface area (Å²) < 4.78 is 5.00. The van der Waals surface area contributed by atoms with E-state index in [1.165, 1.54) is 11.8 Å². The molecule has 3 rings (SSSR count). The minimum Gasteiger partial charge on any atom is -0.472 e. The third-order valence-electron chi connectivity index (χ3n) is 3.57. The van der Waals surface area contributed by atoms with Gasteiger partial charge in [0, 0.05) is 24.1 Å². The molecule has 20 heavy (non-hydrogen) atoms. The van der Waals surface area contributed by atoms with Gasteiger partial charge in [0.15, 0.2) is 0 Å². The number of carbonyl (C=O) groups excluding carboxylic acids is 1. The topological polar surface area (TPSA) is 33.5 Å². The molecule has 0 aliphatic carbocycles. The molecule has 1 aliphatic heterocycles. The normalized spacial score (nSPS) is 19.6. The zero-order valence-corrected chi connectivity index (χ0v) is 12.0. The average Bonchev–Trinajstić information content (AvgIpc) is 2.92. The molecule has 2 heterocycles. The van der Waals surface area contributed by atoms with Gasteiger partial charge in [0.2, 0.25) is 0 Å². The fourth-order valence-corrected chi connectivity index (χ4v) is 3.71. The van der Waals surface area contributed by atoms with Crippen LogP contribution in [0.2, 0.25) is 0 Å². The molecule has 104 valence electrons. The molecule has 0 bridgehead atoms. The van der Waals surface area contributed by atoms with E-state index in [1.807, 2.05) is 22.7 Å². The van der Waals surface area contributed by atoms with Crippen molar-refractivity contribution in [3.63, 3.8) is 0 Å². The highest BCUT2D eigenvalue weighted by Gasteiger charge is 2.23. The number of thioether (sulfide) groups is 1. The van der Waals surface area contributed by atoms with Crippen molar-refractivity contribution in [1.82, 2.24) is 4.90 Å². The Morgan fingerprint density at radius 3 is 2.80 bits per heavy atom. The molecule has 0 saturated carbocycles. The third-order valence-corrected chi connectivity index (χ3v) is 4.90. The van der Waals surface area contributed by atoms with Gasteiger partial charge in [-0.3, -0.25) is 4.79 Å². The second kappa shape index (κ2) is 6.18. The largest absolute Gasteiger partial charge is 0.472 e. The molecule has 1 aromatic heterocycles. The van der Waals surface area contributed by atoms with Crippen LogP contribution < -0.4 is 0 Å². The lowest BCUT2D eigenvalue weighted by Crippen LogP contribution is -2.32. The van der Waals surface area contributed by atoms with Crippen molar-refractivity contribution in [2.75, 3.05) is 18.8 Å². The van der Waals surface area contributed by atoms with Crippen molar-refractivity contribution in [1.29, 1.82) is 0 Å². The van der Waals surface area contributed by atoms with E-state index in [0.29, 0.717) is 10.8 Å². The Bertz CT molecular complexity index is 553. The Hall–Kier alpha value is -1.68. The van der Waals surface area contributed by atoms with Gasteiger partial charge in [0.05, 0.1) is 11.8 Å². The van der Waals surface area contributed by atoms with Gasteiger partial charge in [-0.05, 0) is 18.1 Å². The summed E-state index contributed by atoms with van der Waals surface area (Å²) in [7, 11) is 0.